The van der Waals surface area contributed by atoms with Crippen LogP contribution < -0.4 is 0 Å². The van der Waals surface area contributed by atoms with Gasteiger partial charge in [-0.2, -0.15) is 0 Å². The highest BCUT2D eigenvalue weighted by Gasteiger charge is 2.30. The number of phosphoric ester groups is 2. The van der Waals surface area contributed by atoms with Crippen LogP contribution in [0.15, 0.2) is 0 Å². The molecule has 0 heterocycles. The number of unbranched alkanes of at least 4 members (excludes halogenated alkanes) is 24. The number of hydrogen-bond donors (Lipinski definition) is 3. The Morgan fingerprint density at radius 3 is 0.877 bits per heavy atom. The molecule has 0 rings (SSSR count). The lowest BCUT2D eigenvalue weighted by atomic mass is 10.00. The van der Waals surface area contributed by atoms with Crippen molar-refractivity contribution >= 4 is 39.5 Å². The van der Waals surface area contributed by atoms with Gasteiger partial charge in [-0.05, 0) is 49.4 Å². The molecule has 0 fully saturated rings. The van der Waals surface area contributed by atoms with Crippen LogP contribution in [0.4, 0.5) is 0 Å². The zero-order chi connectivity index (χ0) is 60.4. The van der Waals surface area contributed by atoms with Crippen molar-refractivity contribution in [3.63, 3.8) is 0 Å². The number of hydrogen-bond acceptors (Lipinski definition) is 15. The molecule has 19 heteroatoms. The standard InChI is InChI=1S/C62H120O17P2/c1-9-55(8)41-33-25-19-21-29-37-45-62(67)79-58(49-73-60(65)43-35-27-20-18-24-32-40-54(6)7)51-77-81(70,71)75-47-56(63)46-74-80(68,69)76-50-57(48-72-59(64)42-34-26-17-13-15-23-31-39-53(4)5)78-61(66)44-36-28-16-12-10-11-14-22-30-38-52(2)3/h52-58,63H,9-51H2,1-8H3,(H,68,69)(H,70,71)/t55?,56?,57-,58-/m1/s1. The van der Waals surface area contributed by atoms with E-state index in [0.29, 0.717) is 37.5 Å². The van der Waals surface area contributed by atoms with E-state index >= 15 is 0 Å². The number of carbonyl (C=O) groups is 4. The van der Waals surface area contributed by atoms with Crippen molar-refractivity contribution < 1.29 is 80.2 Å². The number of phosphoric acid groups is 2. The number of aliphatic hydroxyl groups is 1. The molecular weight excluding hydrogens is 1080 g/mol. The molecule has 0 aromatic rings. The van der Waals surface area contributed by atoms with Gasteiger partial charge in [0.25, 0.3) is 0 Å². The van der Waals surface area contributed by atoms with Gasteiger partial charge in [0.1, 0.15) is 19.3 Å². The number of carbonyl (C=O) groups excluding carboxylic acids is 4. The Bertz CT molecular complexity index is 1630. The van der Waals surface area contributed by atoms with Gasteiger partial charge in [-0.25, -0.2) is 9.13 Å². The number of aliphatic hydroxyl groups excluding tert-OH is 1. The van der Waals surface area contributed by atoms with E-state index in [4.69, 9.17) is 37.0 Å². The van der Waals surface area contributed by atoms with Crippen molar-refractivity contribution in [2.24, 2.45) is 23.7 Å². The van der Waals surface area contributed by atoms with Crippen molar-refractivity contribution in [3.8, 4) is 0 Å². The molecular formula is C62H120O17P2. The summed E-state index contributed by atoms with van der Waals surface area (Å²) < 4.78 is 67.9. The normalized spacial score (nSPS) is 14.8. The summed E-state index contributed by atoms with van der Waals surface area (Å²) in [5.41, 5.74) is 0. The van der Waals surface area contributed by atoms with Crippen molar-refractivity contribution in [3.05, 3.63) is 0 Å². The first kappa shape index (κ1) is 79.1. The molecule has 0 bridgehead atoms. The largest absolute Gasteiger partial charge is 0.472 e. The highest BCUT2D eigenvalue weighted by atomic mass is 31.2. The zero-order valence-corrected chi connectivity index (χ0v) is 54.2. The third kappa shape index (κ3) is 55.7. The number of esters is 4. The smallest absolute Gasteiger partial charge is 0.462 e. The van der Waals surface area contributed by atoms with Gasteiger partial charge in [-0.1, -0.05) is 242 Å². The lowest BCUT2D eigenvalue weighted by Gasteiger charge is -2.21. The summed E-state index contributed by atoms with van der Waals surface area (Å²) in [4.78, 5) is 72.1. The molecule has 6 atom stereocenters. The lowest BCUT2D eigenvalue weighted by Crippen LogP contribution is -2.30. The summed E-state index contributed by atoms with van der Waals surface area (Å²) in [6.45, 7) is 13.9. The molecule has 81 heavy (non-hydrogen) atoms. The maximum atomic E-state index is 12.9. The van der Waals surface area contributed by atoms with Crippen molar-refractivity contribution in [2.45, 2.75) is 311 Å². The van der Waals surface area contributed by atoms with Crippen LogP contribution in [0.3, 0.4) is 0 Å². The molecule has 0 saturated carbocycles. The average molecular weight is 1200 g/mol. The Kier molecular flexibility index (Phi) is 51.1. The van der Waals surface area contributed by atoms with Crippen LogP contribution in [0.2, 0.25) is 0 Å². The van der Waals surface area contributed by atoms with E-state index in [9.17, 15) is 43.2 Å². The highest BCUT2D eigenvalue weighted by molar-refractivity contribution is 7.47. The molecule has 0 aliphatic carbocycles. The van der Waals surface area contributed by atoms with E-state index in [1.54, 1.807) is 0 Å². The Morgan fingerprint density at radius 2 is 0.593 bits per heavy atom. The Labute approximate surface area is 492 Å². The highest BCUT2D eigenvalue weighted by Crippen LogP contribution is 2.45. The van der Waals surface area contributed by atoms with Crippen LogP contribution in [0.1, 0.15) is 293 Å². The van der Waals surface area contributed by atoms with E-state index in [-0.39, 0.29) is 25.7 Å². The van der Waals surface area contributed by atoms with E-state index in [2.05, 4.69) is 55.4 Å². The third-order valence-corrected chi connectivity index (χ3v) is 16.3. The first-order valence-electron chi connectivity index (χ1n) is 32.2. The van der Waals surface area contributed by atoms with Crippen LogP contribution in [-0.4, -0.2) is 96.7 Å². The Hall–Kier alpha value is -1.94. The summed E-state index contributed by atoms with van der Waals surface area (Å²) >= 11 is 0. The molecule has 0 amide bonds. The monoisotopic (exact) mass is 1200 g/mol. The van der Waals surface area contributed by atoms with Crippen molar-refractivity contribution in [1.29, 1.82) is 0 Å². The zero-order valence-electron chi connectivity index (χ0n) is 52.4. The SMILES string of the molecule is CCC(C)CCCCCCCCC(=O)O[C@H](COC(=O)CCCCCCCCC(C)C)COP(=O)(O)OCC(O)COP(=O)(O)OC[C@@H](COC(=O)CCCCCCCCCC(C)C)OC(=O)CCCCCCCCCCCC(C)C. The molecule has 0 aromatic carbocycles. The second kappa shape index (κ2) is 52.4. The number of rotatable bonds is 59. The second-order valence-corrected chi connectivity index (χ2v) is 27.0. The van der Waals surface area contributed by atoms with Gasteiger partial charge in [0.05, 0.1) is 26.4 Å². The molecule has 0 aliphatic rings. The minimum absolute atomic E-state index is 0.101. The van der Waals surface area contributed by atoms with E-state index in [1.165, 1.54) is 83.5 Å². The van der Waals surface area contributed by atoms with Crippen molar-refractivity contribution in [1.82, 2.24) is 0 Å². The second-order valence-electron chi connectivity index (χ2n) is 24.1. The predicted molar refractivity (Wildman–Crippen MR) is 321 cm³/mol. The summed E-state index contributed by atoms with van der Waals surface area (Å²) in [6.07, 6.45) is 31.0. The fourth-order valence-corrected chi connectivity index (χ4v) is 10.6. The fraction of sp³-hybridized carbons (Fsp3) is 0.935. The lowest BCUT2D eigenvalue weighted by molar-refractivity contribution is -0.161. The fourth-order valence-electron chi connectivity index (χ4n) is 9.04. The van der Waals surface area contributed by atoms with Crippen LogP contribution >= 0.6 is 15.6 Å². The molecule has 0 saturated heterocycles. The molecule has 3 N–H and O–H groups in total. The molecule has 0 aliphatic heterocycles. The predicted octanol–water partition coefficient (Wildman–Crippen LogP) is 16.6. The van der Waals surface area contributed by atoms with Crippen LogP contribution in [-0.2, 0) is 65.4 Å². The Balaban J connectivity index is 5.26. The van der Waals surface area contributed by atoms with E-state index in [1.807, 2.05) is 0 Å². The molecule has 4 unspecified atom stereocenters. The van der Waals surface area contributed by atoms with E-state index in [0.717, 1.165) is 115 Å². The van der Waals surface area contributed by atoms with Gasteiger partial charge < -0.3 is 33.8 Å². The van der Waals surface area contributed by atoms with Gasteiger partial charge in [0.2, 0.25) is 0 Å². The molecule has 17 nitrogen and oxygen atoms in total. The molecule has 0 aromatic heterocycles. The summed E-state index contributed by atoms with van der Waals surface area (Å²) in [5.74, 6) is 0.695. The molecule has 480 valence electrons. The molecule has 0 spiro atoms. The maximum absolute atomic E-state index is 12.9. The first-order chi connectivity index (χ1) is 38.6. The van der Waals surface area contributed by atoms with Gasteiger partial charge in [0, 0.05) is 25.7 Å². The van der Waals surface area contributed by atoms with Gasteiger partial charge in [-0.3, -0.25) is 37.3 Å². The first-order valence-corrected chi connectivity index (χ1v) is 35.2. The summed E-state index contributed by atoms with van der Waals surface area (Å²) in [6, 6.07) is 0. The maximum Gasteiger partial charge on any atom is 0.472 e. The third-order valence-electron chi connectivity index (χ3n) is 14.4. The van der Waals surface area contributed by atoms with Gasteiger partial charge in [0.15, 0.2) is 12.2 Å². The minimum atomic E-state index is -4.94. The summed E-state index contributed by atoms with van der Waals surface area (Å²) in [7, 11) is -9.88. The Morgan fingerprint density at radius 1 is 0.346 bits per heavy atom. The van der Waals surface area contributed by atoms with Crippen molar-refractivity contribution in [2.75, 3.05) is 39.6 Å². The number of ether oxygens (including phenoxy) is 4. The van der Waals surface area contributed by atoms with Crippen LogP contribution in [0.5, 0.6) is 0 Å². The van der Waals surface area contributed by atoms with Gasteiger partial charge >= 0.3 is 39.5 Å². The van der Waals surface area contributed by atoms with Crippen LogP contribution in [0.25, 0.3) is 0 Å². The molecule has 0 radical (unpaired) electrons. The summed E-state index contributed by atoms with van der Waals surface area (Å²) in [5, 5.41) is 10.5. The quantitative estimate of drug-likeness (QED) is 0.0222. The minimum Gasteiger partial charge on any atom is -0.462 e. The average Bonchev–Trinajstić information content (AvgIpc) is 3.41. The van der Waals surface area contributed by atoms with Crippen LogP contribution in [0, 0.1) is 23.7 Å². The topological polar surface area (TPSA) is 237 Å². The van der Waals surface area contributed by atoms with Gasteiger partial charge in [-0.15, -0.1) is 0 Å². The van der Waals surface area contributed by atoms with E-state index < -0.39 is 97.5 Å².